The average Bonchev–Trinajstić information content (AvgIpc) is 3.16. The van der Waals surface area contributed by atoms with Gasteiger partial charge in [-0.2, -0.15) is 0 Å². The highest BCUT2D eigenvalue weighted by Crippen LogP contribution is 2.43. The van der Waals surface area contributed by atoms with Crippen molar-refractivity contribution in [3.05, 3.63) is 33.6 Å². The summed E-state index contributed by atoms with van der Waals surface area (Å²) < 4.78 is 11.4. The molecule has 1 amide bonds. The Balaban J connectivity index is 2.14. The standard InChI is InChI=1S/C24H34N2O4S/c1-22(2,3)16-12-15(13-17(19(16)29-7)23(4,5)6)18-14-31-20(25-18)24(26-21(27)28)8-10-30-11-9-24/h12-14,26H,8-11H2,1-7H3,(H,27,28). The highest BCUT2D eigenvalue weighted by atomic mass is 32.1. The number of amides is 1. The van der Waals surface area contributed by atoms with E-state index in [4.69, 9.17) is 14.5 Å². The Morgan fingerprint density at radius 3 is 2.13 bits per heavy atom. The first kappa shape index (κ1) is 23.5. The Morgan fingerprint density at radius 1 is 1.13 bits per heavy atom. The van der Waals surface area contributed by atoms with E-state index in [1.807, 2.05) is 5.38 Å². The summed E-state index contributed by atoms with van der Waals surface area (Å²) in [6.07, 6.45) is 0.123. The summed E-state index contributed by atoms with van der Waals surface area (Å²) in [6, 6.07) is 4.32. The molecule has 1 saturated heterocycles. The minimum Gasteiger partial charge on any atom is -0.496 e. The number of nitrogens with one attached hydrogen (secondary N) is 1. The van der Waals surface area contributed by atoms with Crippen LogP contribution in [0.25, 0.3) is 11.3 Å². The molecule has 3 rings (SSSR count). The lowest BCUT2D eigenvalue weighted by molar-refractivity contribution is 0.0373. The van der Waals surface area contributed by atoms with Crippen molar-refractivity contribution in [1.82, 2.24) is 10.3 Å². The SMILES string of the molecule is COc1c(C(C)(C)C)cc(-c2csc(C3(NC(=O)O)CCOCC3)n2)cc1C(C)(C)C. The molecule has 0 aliphatic carbocycles. The molecule has 2 heterocycles. The lowest BCUT2D eigenvalue weighted by atomic mass is 9.78. The van der Waals surface area contributed by atoms with Gasteiger partial charge >= 0.3 is 6.09 Å². The fourth-order valence-electron chi connectivity index (χ4n) is 4.05. The van der Waals surface area contributed by atoms with Crippen LogP contribution in [-0.4, -0.2) is 36.5 Å². The average molecular weight is 447 g/mol. The van der Waals surface area contributed by atoms with E-state index in [2.05, 4.69) is 59.0 Å². The molecular formula is C24H34N2O4S. The van der Waals surface area contributed by atoms with Crippen molar-refractivity contribution in [2.24, 2.45) is 0 Å². The van der Waals surface area contributed by atoms with Crippen molar-refractivity contribution >= 4 is 17.4 Å². The smallest absolute Gasteiger partial charge is 0.405 e. The first-order chi connectivity index (χ1) is 14.4. The van der Waals surface area contributed by atoms with Crippen LogP contribution in [0.15, 0.2) is 17.5 Å². The molecule has 1 aromatic carbocycles. The van der Waals surface area contributed by atoms with Crippen LogP contribution >= 0.6 is 11.3 Å². The Bertz CT molecular complexity index is 912. The van der Waals surface area contributed by atoms with E-state index < -0.39 is 11.6 Å². The van der Waals surface area contributed by atoms with E-state index in [9.17, 15) is 9.90 Å². The molecule has 0 radical (unpaired) electrons. The lowest BCUT2D eigenvalue weighted by Crippen LogP contribution is -2.49. The van der Waals surface area contributed by atoms with Gasteiger partial charge < -0.3 is 19.9 Å². The van der Waals surface area contributed by atoms with Crippen LogP contribution < -0.4 is 10.1 Å². The fraction of sp³-hybridized carbons (Fsp3) is 0.583. The molecule has 31 heavy (non-hydrogen) atoms. The summed E-state index contributed by atoms with van der Waals surface area (Å²) in [4.78, 5) is 16.4. The van der Waals surface area contributed by atoms with Crippen LogP contribution in [0.5, 0.6) is 5.75 Å². The molecule has 1 fully saturated rings. The van der Waals surface area contributed by atoms with Crippen molar-refractivity contribution in [2.45, 2.75) is 70.8 Å². The molecule has 1 aliphatic heterocycles. The van der Waals surface area contributed by atoms with Gasteiger partial charge in [0.15, 0.2) is 0 Å². The van der Waals surface area contributed by atoms with Gasteiger partial charge in [-0.1, -0.05) is 41.5 Å². The minimum absolute atomic E-state index is 0.104. The van der Waals surface area contributed by atoms with Crippen molar-refractivity contribution in [3.63, 3.8) is 0 Å². The number of hydrogen-bond donors (Lipinski definition) is 2. The number of thiazole rings is 1. The number of carboxylic acid groups (broad SMARTS) is 1. The quantitative estimate of drug-likeness (QED) is 0.631. The summed E-state index contributed by atoms with van der Waals surface area (Å²) in [7, 11) is 1.73. The van der Waals surface area contributed by atoms with Crippen molar-refractivity contribution in [1.29, 1.82) is 0 Å². The van der Waals surface area contributed by atoms with Gasteiger partial charge in [-0.25, -0.2) is 9.78 Å². The molecule has 0 bridgehead atoms. The maximum atomic E-state index is 11.5. The number of rotatable bonds is 4. The second kappa shape index (κ2) is 8.43. The maximum Gasteiger partial charge on any atom is 0.405 e. The predicted molar refractivity (Wildman–Crippen MR) is 124 cm³/mol. The third-order valence-electron chi connectivity index (χ3n) is 5.81. The van der Waals surface area contributed by atoms with Crippen LogP contribution in [0.3, 0.4) is 0 Å². The topological polar surface area (TPSA) is 80.7 Å². The summed E-state index contributed by atoms with van der Waals surface area (Å²) >= 11 is 1.50. The Kier molecular flexibility index (Phi) is 6.40. The number of aromatic nitrogens is 1. The molecule has 2 N–H and O–H groups in total. The monoisotopic (exact) mass is 446 g/mol. The van der Waals surface area contributed by atoms with E-state index in [1.54, 1.807) is 7.11 Å². The fourth-order valence-corrected chi connectivity index (χ4v) is 5.10. The normalized spacial score (nSPS) is 16.7. The van der Waals surface area contributed by atoms with Gasteiger partial charge in [0.25, 0.3) is 0 Å². The number of methoxy groups -OCH3 is 1. The summed E-state index contributed by atoms with van der Waals surface area (Å²) in [6.45, 7) is 14.1. The zero-order valence-corrected chi connectivity index (χ0v) is 20.4. The number of ether oxygens (including phenoxy) is 2. The highest BCUT2D eigenvalue weighted by Gasteiger charge is 2.39. The van der Waals surface area contributed by atoms with Gasteiger partial charge in [0, 0.05) is 48.1 Å². The molecule has 6 nitrogen and oxygen atoms in total. The number of nitrogens with zero attached hydrogens (tertiary/aromatic N) is 1. The lowest BCUT2D eigenvalue weighted by Gasteiger charge is -2.35. The molecule has 1 aliphatic rings. The summed E-state index contributed by atoms with van der Waals surface area (Å²) in [5.74, 6) is 0.924. The van der Waals surface area contributed by atoms with Gasteiger partial charge in [0.2, 0.25) is 0 Å². The van der Waals surface area contributed by atoms with Gasteiger partial charge in [-0.15, -0.1) is 11.3 Å². The van der Waals surface area contributed by atoms with Gasteiger partial charge in [0.05, 0.1) is 18.3 Å². The zero-order valence-electron chi connectivity index (χ0n) is 19.6. The maximum absolute atomic E-state index is 11.5. The first-order valence-electron chi connectivity index (χ1n) is 10.7. The third kappa shape index (κ3) is 4.88. The van der Waals surface area contributed by atoms with E-state index in [1.165, 1.54) is 11.3 Å². The van der Waals surface area contributed by atoms with Crippen LogP contribution in [0.4, 0.5) is 4.79 Å². The molecule has 0 spiro atoms. The van der Waals surface area contributed by atoms with Gasteiger partial charge in [0.1, 0.15) is 10.8 Å². The second-order valence-electron chi connectivity index (χ2n) is 10.3. The van der Waals surface area contributed by atoms with E-state index in [0.29, 0.717) is 26.1 Å². The van der Waals surface area contributed by atoms with Crippen LogP contribution in [0.2, 0.25) is 0 Å². The Morgan fingerprint density at radius 2 is 1.68 bits per heavy atom. The van der Waals surface area contributed by atoms with Crippen molar-refractivity contribution < 1.29 is 19.4 Å². The number of hydrogen-bond acceptors (Lipinski definition) is 5. The van der Waals surface area contributed by atoms with E-state index >= 15 is 0 Å². The summed E-state index contributed by atoms with van der Waals surface area (Å²) in [5, 5.41) is 15.0. The number of carbonyl (C=O) groups is 1. The molecule has 0 saturated carbocycles. The highest BCUT2D eigenvalue weighted by molar-refractivity contribution is 7.10. The minimum atomic E-state index is -1.03. The van der Waals surface area contributed by atoms with Crippen molar-refractivity contribution in [3.8, 4) is 17.0 Å². The molecular weight excluding hydrogens is 412 g/mol. The molecule has 7 heteroatoms. The summed E-state index contributed by atoms with van der Waals surface area (Å²) in [5.41, 5.74) is 3.25. The van der Waals surface area contributed by atoms with Gasteiger partial charge in [-0.05, 0) is 23.0 Å². The predicted octanol–water partition coefficient (Wildman–Crippen LogP) is 5.69. The van der Waals surface area contributed by atoms with Crippen molar-refractivity contribution in [2.75, 3.05) is 20.3 Å². The largest absolute Gasteiger partial charge is 0.496 e. The molecule has 1 aromatic heterocycles. The van der Waals surface area contributed by atoms with Crippen LogP contribution in [0.1, 0.15) is 70.5 Å². The van der Waals surface area contributed by atoms with E-state index in [-0.39, 0.29) is 10.8 Å². The van der Waals surface area contributed by atoms with E-state index in [0.717, 1.165) is 33.1 Å². The third-order valence-corrected chi connectivity index (χ3v) is 6.86. The van der Waals surface area contributed by atoms with Crippen LogP contribution in [-0.2, 0) is 21.1 Å². The van der Waals surface area contributed by atoms with Crippen LogP contribution in [0, 0.1) is 0 Å². The Labute approximate surface area is 189 Å². The first-order valence-corrected chi connectivity index (χ1v) is 11.5. The molecule has 0 atom stereocenters. The zero-order chi connectivity index (χ0) is 23.0. The molecule has 2 aromatic rings. The number of benzene rings is 1. The molecule has 0 unspecified atom stereocenters. The van der Waals surface area contributed by atoms with Gasteiger partial charge in [-0.3, -0.25) is 0 Å². The Hall–Kier alpha value is -2.12. The molecule has 170 valence electrons. The second-order valence-corrected chi connectivity index (χ2v) is 11.1.